The highest BCUT2D eigenvalue weighted by Crippen LogP contribution is 2.30. The van der Waals surface area contributed by atoms with Crippen LogP contribution >= 0.6 is 0 Å². The molecule has 3 aromatic rings. The number of nitrogens with one attached hydrogen (secondary N) is 1. The summed E-state index contributed by atoms with van der Waals surface area (Å²) >= 11 is 0. The maximum absolute atomic E-state index is 12.7. The molecule has 1 N–H and O–H groups in total. The van der Waals surface area contributed by atoms with Crippen LogP contribution in [0.2, 0.25) is 0 Å². The first-order valence-corrected chi connectivity index (χ1v) is 10.5. The van der Waals surface area contributed by atoms with Gasteiger partial charge < -0.3 is 19.7 Å². The molecule has 3 heterocycles. The molecule has 1 saturated heterocycles. The molecule has 1 aromatic carbocycles. The Morgan fingerprint density at radius 1 is 1.03 bits per heavy atom. The maximum Gasteiger partial charge on any atom is 0.255 e. The van der Waals surface area contributed by atoms with Crippen molar-refractivity contribution < 1.29 is 14.3 Å². The first kappa shape index (κ1) is 20.7. The zero-order chi connectivity index (χ0) is 21.5. The summed E-state index contributed by atoms with van der Waals surface area (Å²) in [6.45, 7) is 4.83. The van der Waals surface area contributed by atoms with Crippen LogP contribution in [0.4, 0.5) is 11.5 Å². The molecule has 2 aromatic heterocycles. The van der Waals surface area contributed by atoms with Gasteiger partial charge in [-0.3, -0.25) is 9.78 Å². The average molecular weight is 418 g/mol. The van der Waals surface area contributed by atoms with Crippen molar-refractivity contribution in [2.45, 2.75) is 26.4 Å². The molecule has 31 heavy (non-hydrogen) atoms. The molecule has 1 aliphatic rings. The van der Waals surface area contributed by atoms with E-state index < -0.39 is 0 Å². The monoisotopic (exact) mass is 418 g/mol. The number of benzene rings is 1. The van der Waals surface area contributed by atoms with Crippen molar-refractivity contribution in [1.29, 1.82) is 0 Å². The Morgan fingerprint density at radius 2 is 1.84 bits per heavy atom. The summed E-state index contributed by atoms with van der Waals surface area (Å²) in [7, 11) is 0. The van der Waals surface area contributed by atoms with Crippen LogP contribution in [0.1, 0.15) is 35.7 Å². The largest absolute Gasteiger partial charge is 0.490 e. The zero-order valence-corrected chi connectivity index (χ0v) is 17.6. The number of carbonyl (C=O) groups excluding carboxylic acids is 1. The number of nitrogens with zero attached hydrogens (tertiary/aromatic N) is 3. The van der Waals surface area contributed by atoms with Crippen LogP contribution < -0.4 is 19.7 Å². The van der Waals surface area contributed by atoms with Crippen LogP contribution in [-0.4, -0.2) is 35.6 Å². The van der Waals surface area contributed by atoms with Gasteiger partial charge in [-0.05, 0) is 67.8 Å². The summed E-state index contributed by atoms with van der Waals surface area (Å²) in [4.78, 5) is 23.5. The average Bonchev–Trinajstić information content (AvgIpc) is 3.34. The smallest absolute Gasteiger partial charge is 0.255 e. The van der Waals surface area contributed by atoms with Crippen molar-refractivity contribution in [2.24, 2.45) is 0 Å². The lowest BCUT2D eigenvalue weighted by atomic mass is 10.2. The van der Waals surface area contributed by atoms with E-state index in [4.69, 9.17) is 9.47 Å². The van der Waals surface area contributed by atoms with Crippen molar-refractivity contribution >= 4 is 17.4 Å². The summed E-state index contributed by atoms with van der Waals surface area (Å²) in [5.74, 6) is 1.85. The number of amides is 1. The maximum atomic E-state index is 12.7. The van der Waals surface area contributed by atoms with E-state index in [2.05, 4.69) is 20.2 Å². The molecule has 160 valence electrons. The quantitative estimate of drug-likeness (QED) is 0.588. The van der Waals surface area contributed by atoms with E-state index in [1.54, 1.807) is 36.8 Å². The third kappa shape index (κ3) is 5.31. The number of rotatable bonds is 8. The Balaban J connectivity index is 1.43. The number of hydrogen-bond donors (Lipinski definition) is 1. The molecular weight excluding hydrogens is 392 g/mol. The molecule has 0 saturated carbocycles. The Hall–Kier alpha value is -3.61. The summed E-state index contributed by atoms with van der Waals surface area (Å²) in [6.07, 6.45) is 7.54. The second-order valence-corrected chi connectivity index (χ2v) is 7.29. The zero-order valence-electron chi connectivity index (χ0n) is 17.6. The predicted octanol–water partition coefficient (Wildman–Crippen LogP) is 4.31. The fourth-order valence-corrected chi connectivity index (χ4v) is 3.47. The first-order valence-electron chi connectivity index (χ1n) is 10.5. The number of pyridine rings is 2. The van der Waals surface area contributed by atoms with Crippen LogP contribution in [0.5, 0.6) is 11.5 Å². The van der Waals surface area contributed by atoms with E-state index in [1.165, 1.54) is 12.8 Å². The van der Waals surface area contributed by atoms with Crippen molar-refractivity contribution in [3.8, 4) is 11.5 Å². The molecule has 0 aliphatic carbocycles. The van der Waals surface area contributed by atoms with Crippen LogP contribution in [0, 0.1) is 0 Å². The van der Waals surface area contributed by atoms with Gasteiger partial charge in [-0.1, -0.05) is 0 Å². The summed E-state index contributed by atoms with van der Waals surface area (Å²) in [5, 5.41) is 2.90. The molecule has 7 heteroatoms. The molecule has 0 spiro atoms. The van der Waals surface area contributed by atoms with E-state index in [9.17, 15) is 4.79 Å². The molecule has 1 amide bonds. The predicted molar refractivity (Wildman–Crippen MR) is 120 cm³/mol. The molecule has 0 unspecified atom stereocenters. The molecule has 1 fully saturated rings. The standard InChI is InChI=1S/C24H26N4O3/c1-2-30-22-15-19(5-7-21(22)31-17-18-9-11-25-12-10-18)24(29)27-20-6-8-23(26-16-20)28-13-3-4-14-28/h5-12,15-16H,2-4,13-14,17H2,1H3,(H,27,29). The van der Waals surface area contributed by atoms with Gasteiger partial charge in [-0.15, -0.1) is 0 Å². The van der Waals surface area contributed by atoms with Gasteiger partial charge in [0.25, 0.3) is 5.91 Å². The minimum Gasteiger partial charge on any atom is -0.490 e. The molecular formula is C24H26N4O3. The third-order valence-corrected chi connectivity index (χ3v) is 5.09. The number of carbonyl (C=O) groups is 1. The summed E-state index contributed by atoms with van der Waals surface area (Å²) < 4.78 is 11.6. The van der Waals surface area contributed by atoms with Crippen molar-refractivity contribution in [3.05, 3.63) is 72.2 Å². The highest BCUT2D eigenvalue weighted by Gasteiger charge is 2.15. The normalized spacial score (nSPS) is 13.1. The Morgan fingerprint density at radius 3 is 2.55 bits per heavy atom. The Bertz CT molecular complexity index is 1000. The van der Waals surface area contributed by atoms with E-state index in [0.29, 0.717) is 36.0 Å². The van der Waals surface area contributed by atoms with Crippen LogP contribution in [-0.2, 0) is 6.61 Å². The van der Waals surface area contributed by atoms with E-state index in [1.807, 2.05) is 31.2 Å². The van der Waals surface area contributed by atoms with Crippen molar-refractivity contribution in [3.63, 3.8) is 0 Å². The van der Waals surface area contributed by atoms with E-state index in [0.717, 1.165) is 24.5 Å². The molecule has 0 bridgehead atoms. The second-order valence-electron chi connectivity index (χ2n) is 7.29. The van der Waals surface area contributed by atoms with Gasteiger partial charge in [0, 0.05) is 31.0 Å². The minimum absolute atomic E-state index is 0.225. The number of aromatic nitrogens is 2. The summed E-state index contributed by atoms with van der Waals surface area (Å²) in [5.41, 5.74) is 2.15. The highest BCUT2D eigenvalue weighted by atomic mass is 16.5. The number of ether oxygens (including phenoxy) is 2. The number of anilines is 2. The Labute approximate surface area is 182 Å². The van der Waals surface area contributed by atoms with Crippen molar-refractivity contribution in [1.82, 2.24) is 9.97 Å². The summed E-state index contributed by atoms with van der Waals surface area (Å²) in [6, 6.07) is 12.8. The van der Waals surface area contributed by atoms with Gasteiger partial charge in [-0.25, -0.2) is 4.98 Å². The molecule has 0 radical (unpaired) electrons. The lowest BCUT2D eigenvalue weighted by Gasteiger charge is -2.16. The Kier molecular flexibility index (Phi) is 6.62. The van der Waals surface area contributed by atoms with Crippen LogP contribution in [0.15, 0.2) is 61.1 Å². The first-order chi connectivity index (χ1) is 15.2. The van der Waals surface area contributed by atoms with Gasteiger partial charge in [0.15, 0.2) is 11.5 Å². The molecule has 0 atom stereocenters. The third-order valence-electron chi connectivity index (χ3n) is 5.09. The fraction of sp³-hybridized carbons (Fsp3) is 0.292. The van der Waals surface area contributed by atoms with Crippen molar-refractivity contribution in [2.75, 3.05) is 29.9 Å². The lowest BCUT2D eigenvalue weighted by molar-refractivity contribution is 0.102. The molecule has 1 aliphatic heterocycles. The van der Waals surface area contributed by atoms with Gasteiger partial charge in [0.2, 0.25) is 0 Å². The van der Waals surface area contributed by atoms with Gasteiger partial charge >= 0.3 is 0 Å². The van der Waals surface area contributed by atoms with E-state index in [-0.39, 0.29) is 5.91 Å². The topological polar surface area (TPSA) is 76.6 Å². The molecule has 7 nitrogen and oxygen atoms in total. The highest BCUT2D eigenvalue weighted by molar-refractivity contribution is 6.04. The lowest BCUT2D eigenvalue weighted by Crippen LogP contribution is -2.19. The SMILES string of the molecule is CCOc1cc(C(=O)Nc2ccc(N3CCCC3)nc2)ccc1OCc1ccncc1. The number of hydrogen-bond acceptors (Lipinski definition) is 6. The second kappa shape index (κ2) is 9.93. The molecule has 4 rings (SSSR count). The van der Waals surface area contributed by atoms with E-state index >= 15 is 0 Å². The minimum atomic E-state index is -0.225. The van der Waals surface area contributed by atoms with Gasteiger partial charge in [-0.2, -0.15) is 0 Å². The van der Waals surface area contributed by atoms with Crippen LogP contribution in [0.25, 0.3) is 0 Å². The van der Waals surface area contributed by atoms with Crippen LogP contribution in [0.3, 0.4) is 0 Å². The fourth-order valence-electron chi connectivity index (χ4n) is 3.47. The van der Waals surface area contributed by atoms with Gasteiger partial charge in [0.05, 0.1) is 18.5 Å². The van der Waals surface area contributed by atoms with Gasteiger partial charge in [0.1, 0.15) is 12.4 Å².